The van der Waals surface area contributed by atoms with Crippen LogP contribution in [0, 0.1) is 5.92 Å². The third-order valence-corrected chi connectivity index (χ3v) is 5.86. The van der Waals surface area contributed by atoms with Gasteiger partial charge in [0.15, 0.2) is 0 Å². The van der Waals surface area contributed by atoms with Gasteiger partial charge in [0.1, 0.15) is 5.75 Å². The highest BCUT2D eigenvalue weighted by Gasteiger charge is 2.37. The SMILES string of the molecule is CCOC(=O)[C@H]1CN(CC2=Cc3ccc(OC)cc32)CC[C@@H]1OCc1ccccc1. The van der Waals surface area contributed by atoms with Crippen LogP contribution in [-0.2, 0) is 20.9 Å². The Labute approximate surface area is 178 Å². The van der Waals surface area contributed by atoms with Crippen molar-refractivity contribution < 1.29 is 19.0 Å². The Hall–Kier alpha value is -2.63. The Bertz CT molecular complexity index is 909. The first kappa shape index (κ1) is 20.6. The van der Waals surface area contributed by atoms with Crippen molar-refractivity contribution in [1.82, 2.24) is 4.90 Å². The number of hydrogen-bond donors (Lipinski definition) is 0. The Balaban J connectivity index is 1.39. The molecule has 1 fully saturated rings. The van der Waals surface area contributed by atoms with Crippen molar-refractivity contribution in [3.05, 3.63) is 65.2 Å². The summed E-state index contributed by atoms with van der Waals surface area (Å²) in [6, 6.07) is 16.2. The number of esters is 1. The van der Waals surface area contributed by atoms with Gasteiger partial charge in [-0.2, -0.15) is 0 Å². The molecule has 1 heterocycles. The Morgan fingerprint density at radius 3 is 2.77 bits per heavy atom. The number of fused-ring (bicyclic) bond motifs is 1. The van der Waals surface area contributed by atoms with Crippen LogP contribution in [-0.4, -0.2) is 50.3 Å². The quantitative estimate of drug-likeness (QED) is 0.619. The van der Waals surface area contributed by atoms with Gasteiger partial charge in [0.25, 0.3) is 0 Å². The lowest BCUT2D eigenvalue weighted by atomic mass is 9.87. The van der Waals surface area contributed by atoms with E-state index in [1.54, 1.807) is 7.11 Å². The minimum Gasteiger partial charge on any atom is -0.497 e. The first-order valence-corrected chi connectivity index (χ1v) is 10.6. The largest absolute Gasteiger partial charge is 0.497 e. The number of hydrogen-bond acceptors (Lipinski definition) is 5. The molecule has 158 valence electrons. The molecular formula is C25H29NO4. The van der Waals surface area contributed by atoms with Gasteiger partial charge in [-0.1, -0.05) is 36.4 Å². The molecule has 0 N–H and O–H groups in total. The summed E-state index contributed by atoms with van der Waals surface area (Å²) in [6.07, 6.45) is 2.91. The van der Waals surface area contributed by atoms with E-state index in [0.29, 0.717) is 19.8 Å². The Morgan fingerprint density at radius 2 is 2.00 bits per heavy atom. The van der Waals surface area contributed by atoms with Gasteiger partial charge in [0.05, 0.1) is 32.3 Å². The highest BCUT2D eigenvalue weighted by atomic mass is 16.5. The van der Waals surface area contributed by atoms with E-state index in [-0.39, 0.29) is 18.0 Å². The monoisotopic (exact) mass is 407 g/mol. The number of ether oxygens (including phenoxy) is 3. The van der Waals surface area contributed by atoms with Crippen LogP contribution in [0.15, 0.2) is 48.5 Å². The zero-order valence-corrected chi connectivity index (χ0v) is 17.7. The van der Waals surface area contributed by atoms with Crippen LogP contribution in [0.3, 0.4) is 0 Å². The average Bonchev–Trinajstić information content (AvgIpc) is 2.77. The van der Waals surface area contributed by atoms with Crippen molar-refractivity contribution in [3.8, 4) is 5.75 Å². The molecule has 0 radical (unpaired) electrons. The minimum atomic E-state index is -0.270. The third kappa shape index (κ3) is 4.58. The van der Waals surface area contributed by atoms with Crippen LogP contribution in [0.2, 0.25) is 0 Å². The molecular weight excluding hydrogens is 378 g/mol. The highest BCUT2D eigenvalue weighted by Crippen LogP contribution is 2.36. The zero-order valence-electron chi connectivity index (χ0n) is 17.7. The van der Waals surface area contributed by atoms with Gasteiger partial charge < -0.3 is 14.2 Å². The van der Waals surface area contributed by atoms with Crippen LogP contribution in [0.1, 0.15) is 30.0 Å². The van der Waals surface area contributed by atoms with Gasteiger partial charge in [-0.3, -0.25) is 9.69 Å². The molecule has 1 aliphatic heterocycles. The molecule has 2 aromatic rings. The number of carbonyl (C=O) groups is 1. The van der Waals surface area contributed by atoms with Crippen LogP contribution in [0.4, 0.5) is 0 Å². The van der Waals surface area contributed by atoms with Gasteiger partial charge in [0, 0.05) is 19.6 Å². The molecule has 0 spiro atoms. The molecule has 1 aliphatic carbocycles. The lowest BCUT2D eigenvalue weighted by molar-refractivity contribution is -0.158. The maximum absolute atomic E-state index is 12.7. The molecule has 0 unspecified atom stereocenters. The number of nitrogens with zero attached hydrogens (tertiary/aromatic N) is 1. The number of methoxy groups -OCH3 is 1. The minimum absolute atomic E-state index is 0.122. The summed E-state index contributed by atoms with van der Waals surface area (Å²) in [7, 11) is 1.69. The molecule has 30 heavy (non-hydrogen) atoms. The summed E-state index contributed by atoms with van der Waals surface area (Å²) in [5.74, 6) is 0.439. The predicted octanol–water partition coefficient (Wildman–Crippen LogP) is 4.02. The van der Waals surface area contributed by atoms with Crippen LogP contribution >= 0.6 is 0 Å². The molecule has 2 aromatic carbocycles. The van der Waals surface area contributed by atoms with Crippen molar-refractivity contribution in [2.45, 2.75) is 26.1 Å². The van der Waals surface area contributed by atoms with E-state index >= 15 is 0 Å². The van der Waals surface area contributed by atoms with Crippen molar-refractivity contribution in [3.63, 3.8) is 0 Å². The summed E-state index contributed by atoms with van der Waals surface area (Å²) in [4.78, 5) is 15.0. The number of likely N-dealkylation sites (tertiary alicyclic amines) is 1. The fourth-order valence-electron chi connectivity index (χ4n) is 4.22. The normalized spacial score (nSPS) is 20.7. The molecule has 5 nitrogen and oxygen atoms in total. The van der Waals surface area contributed by atoms with E-state index in [1.165, 1.54) is 16.7 Å². The van der Waals surface area contributed by atoms with E-state index in [4.69, 9.17) is 14.2 Å². The lowest BCUT2D eigenvalue weighted by Gasteiger charge is -2.38. The van der Waals surface area contributed by atoms with Crippen molar-refractivity contribution in [1.29, 1.82) is 0 Å². The number of rotatable bonds is 8. The van der Waals surface area contributed by atoms with E-state index in [2.05, 4.69) is 23.1 Å². The van der Waals surface area contributed by atoms with Gasteiger partial charge in [0.2, 0.25) is 0 Å². The second-order valence-electron chi connectivity index (χ2n) is 7.84. The van der Waals surface area contributed by atoms with Crippen LogP contribution in [0.25, 0.3) is 11.6 Å². The standard InChI is InChI=1S/C25H29NO4/c1-3-29-25(27)23-16-26(12-11-24(23)30-17-18-7-5-4-6-8-18)15-20-13-19-9-10-21(28-2)14-22(19)20/h4-10,13-14,23-24H,3,11-12,15-17H2,1-2H3/t23-,24-/m0/s1. The second kappa shape index (κ2) is 9.45. The second-order valence-corrected chi connectivity index (χ2v) is 7.84. The fraction of sp³-hybridized carbons (Fsp3) is 0.400. The number of carbonyl (C=O) groups excluding carboxylic acids is 1. The number of piperidine rings is 1. The Kier molecular flexibility index (Phi) is 6.50. The van der Waals surface area contributed by atoms with Crippen molar-refractivity contribution >= 4 is 17.6 Å². The van der Waals surface area contributed by atoms with Crippen LogP contribution < -0.4 is 4.74 Å². The van der Waals surface area contributed by atoms with E-state index < -0.39 is 0 Å². The van der Waals surface area contributed by atoms with E-state index in [1.807, 2.05) is 43.3 Å². The smallest absolute Gasteiger partial charge is 0.312 e. The summed E-state index contributed by atoms with van der Waals surface area (Å²) >= 11 is 0. The van der Waals surface area contributed by atoms with E-state index in [0.717, 1.165) is 30.8 Å². The number of benzene rings is 2. The first-order chi connectivity index (χ1) is 14.7. The molecule has 0 amide bonds. The molecule has 2 aliphatic rings. The van der Waals surface area contributed by atoms with Gasteiger partial charge >= 0.3 is 5.97 Å². The molecule has 5 heteroatoms. The predicted molar refractivity (Wildman–Crippen MR) is 117 cm³/mol. The third-order valence-electron chi connectivity index (χ3n) is 5.86. The topological polar surface area (TPSA) is 48.0 Å². The van der Waals surface area contributed by atoms with Gasteiger partial charge in [-0.15, -0.1) is 0 Å². The van der Waals surface area contributed by atoms with E-state index in [9.17, 15) is 4.79 Å². The molecule has 0 saturated carbocycles. The molecule has 0 bridgehead atoms. The summed E-state index contributed by atoms with van der Waals surface area (Å²) < 4.78 is 16.9. The van der Waals surface area contributed by atoms with Crippen molar-refractivity contribution in [2.24, 2.45) is 5.92 Å². The maximum atomic E-state index is 12.7. The van der Waals surface area contributed by atoms with Gasteiger partial charge in [-0.05, 0) is 53.8 Å². The first-order valence-electron chi connectivity index (χ1n) is 10.6. The lowest BCUT2D eigenvalue weighted by Crippen LogP contribution is -2.48. The maximum Gasteiger partial charge on any atom is 0.312 e. The summed E-state index contributed by atoms with van der Waals surface area (Å²) in [5.41, 5.74) is 4.89. The fourth-order valence-corrected chi connectivity index (χ4v) is 4.22. The van der Waals surface area contributed by atoms with Crippen molar-refractivity contribution in [2.75, 3.05) is 33.4 Å². The zero-order chi connectivity index (χ0) is 20.9. The summed E-state index contributed by atoms with van der Waals surface area (Å²) in [5, 5.41) is 0. The van der Waals surface area contributed by atoms with Gasteiger partial charge in [-0.25, -0.2) is 0 Å². The summed E-state index contributed by atoms with van der Waals surface area (Å²) in [6.45, 7) is 5.11. The molecule has 4 rings (SSSR count). The Morgan fingerprint density at radius 1 is 1.17 bits per heavy atom. The average molecular weight is 408 g/mol. The highest BCUT2D eigenvalue weighted by molar-refractivity contribution is 5.96. The van der Waals surface area contributed by atoms with Crippen LogP contribution in [0.5, 0.6) is 5.75 Å². The molecule has 2 atom stereocenters. The molecule has 0 aromatic heterocycles. The molecule has 1 saturated heterocycles.